The minimum Gasteiger partial charge on any atom is -0.388 e. The van der Waals surface area contributed by atoms with Crippen molar-refractivity contribution in [2.24, 2.45) is 0 Å². The van der Waals surface area contributed by atoms with E-state index < -0.39 is 42.5 Å². The summed E-state index contributed by atoms with van der Waals surface area (Å²) in [6.45, 7) is 0. The summed E-state index contributed by atoms with van der Waals surface area (Å²) in [4.78, 5) is 12.4. The van der Waals surface area contributed by atoms with Crippen LogP contribution in [-0.2, 0) is 0 Å². The fourth-order valence-corrected chi connectivity index (χ4v) is 2.97. The Balaban J connectivity index is 1.82. The first-order valence-electron chi connectivity index (χ1n) is 7.60. The molecule has 1 aliphatic carbocycles. The van der Waals surface area contributed by atoms with E-state index >= 15 is 0 Å². The molecule has 0 heterocycles. The molecule has 0 spiro atoms. The Hall–Kier alpha value is -2.03. The maximum Gasteiger partial charge on any atom is 0.251 e. The molecule has 7 heteroatoms. The molecule has 1 amide bonds. The predicted molar refractivity (Wildman–Crippen MR) is 85.2 cm³/mol. The highest BCUT2D eigenvalue weighted by Gasteiger charge is 2.48. The van der Waals surface area contributed by atoms with Gasteiger partial charge >= 0.3 is 0 Å². The lowest BCUT2D eigenvalue weighted by Crippen LogP contribution is -2.68. The third kappa shape index (κ3) is 2.88. The van der Waals surface area contributed by atoms with Crippen molar-refractivity contribution in [1.29, 1.82) is 0 Å². The number of hydrogen-bond acceptors (Lipinski definition) is 6. The summed E-state index contributed by atoms with van der Waals surface area (Å²) in [6, 6.07) is 11.2. The number of aliphatic hydroxyl groups excluding tert-OH is 5. The number of carbonyl (C=O) groups excluding carboxylic acids is 1. The van der Waals surface area contributed by atoms with Gasteiger partial charge in [0.05, 0.1) is 6.04 Å². The summed E-state index contributed by atoms with van der Waals surface area (Å²) in [5.74, 6) is -0.570. The molecule has 128 valence electrons. The van der Waals surface area contributed by atoms with Gasteiger partial charge in [-0.05, 0) is 22.9 Å². The molecular weight excluding hydrogens is 314 g/mol. The van der Waals surface area contributed by atoms with Crippen LogP contribution in [0.5, 0.6) is 0 Å². The van der Waals surface area contributed by atoms with E-state index in [4.69, 9.17) is 0 Å². The zero-order chi connectivity index (χ0) is 17.4. The van der Waals surface area contributed by atoms with Crippen molar-refractivity contribution in [3.05, 3.63) is 48.0 Å². The highest BCUT2D eigenvalue weighted by molar-refractivity contribution is 5.98. The topological polar surface area (TPSA) is 130 Å². The van der Waals surface area contributed by atoms with Crippen LogP contribution in [0.25, 0.3) is 10.8 Å². The van der Waals surface area contributed by atoms with Crippen LogP contribution in [0.2, 0.25) is 0 Å². The second-order valence-electron chi connectivity index (χ2n) is 6.01. The van der Waals surface area contributed by atoms with Crippen LogP contribution < -0.4 is 5.32 Å². The zero-order valence-corrected chi connectivity index (χ0v) is 12.6. The monoisotopic (exact) mass is 333 g/mol. The van der Waals surface area contributed by atoms with Gasteiger partial charge in [0.2, 0.25) is 0 Å². The first-order valence-corrected chi connectivity index (χ1v) is 7.60. The number of rotatable bonds is 2. The number of aliphatic hydroxyl groups is 5. The molecule has 2 unspecified atom stereocenters. The van der Waals surface area contributed by atoms with Crippen molar-refractivity contribution >= 4 is 16.7 Å². The van der Waals surface area contributed by atoms with E-state index in [2.05, 4.69) is 5.32 Å². The summed E-state index contributed by atoms with van der Waals surface area (Å²) >= 11 is 0. The molecule has 7 nitrogen and oxygen atoms in total. The molecule has 6 atom stereocenters. The lowest BCUT2D eigenvalue weighted by Gasteiger charge is -2.42. The second kappa shape index (κ2) is 6.46. The lowest BCUT2D eigenvalue weighted by molar-refractivity contribution is -0.188. The Bertz CT molecular complexity index is 735. The van der Waals surface area contributed by atoms with E-state index in [1.807, 2.05) is 24.3 Å². The van der Waals surface area contributed by atoms with Gasteiger partial charge in [0.1, 0.15) is 30.5 Å². The van der Waals surface area contributed by atoms with Crippen molar-refractivity contribution in [2.75, 3.05) is 0 Å². The largest absolute Gasteiger partial charge is 0.388 e. The third-order valence-electron chi connectivity index (χ3n) is 4.44. The van der Waals surface area contributed by atoms with Gasteiger partial charge in [-0.25, -0.2) is 0 Å². The van der Waals surface area contributed by atoms with Crippen LogP contribution in [0.4, 0.5) is 0 Å². The van der Waals surface area contributed by atoms with E-state index in [-0.39, 0.29) is 0 Å². The van der Waals surface area contributed by atoms with E-state index in [0.717, 1.165) is 10.8 Å². The van der Waals surface area contributed by atoms with Gasteiger partial charge in [0.25, 0.3) is 5.91 Å². The molecule has 24 heavy (non-hydrogen) atoms. The zero-order valence-electron chi connectivity index (χ0n) is 12.6. The fraction of sp³-hybridized carbons (Fsp3) is 0.353. The van der Waals surface area contributed by atoms with Crippen LogP contribution in [0.15, 0.2) is 42.5 Å². The van der Waals surface area contributed by atoms with E-state index in [9.17, 15) is 30.3 Å². The Labute approximate surface area is 137 Å². The van der Waals surface area contributed by atoms with Gasteiger partial charge in [-0.15, -0.1) is 0 Å². The molecule has 0 aliphatic heterocycles. The van der Waals surface area contributed by atoms with Gasteiger partial charge in [0, 0.05) is 5.56 Å². The molecule has 2 aromatic rings. The van der Waals surface area contributed by atoms with Crippen LogP contribution in [0.1, 0.15) is 10.4 Å². The highest BCUT2D eigenvalue weighted by atomic mass is 16.4. The van der Waals surface area contributed by atoms with Gasteiger partial charge in [0.15, 0.2) is 0 Å². The van der Waals surface area contributed by atoms with Gasteiger partial charge in [-0.3, -0.25) is 4.79 Å². The summed E-state index contributed by atoms with van der Waals surface area (Å²) in [6.07, 6.45) is -8.26. The quantitative estimate of drug-likeness (QED) is 0.407. The Morgan fingerprint density at radius 3 is 1.92 bits per heavy atom. The molecule has 0 radical (unpaired) electrons. The maximum absolute atomic E-state index is 12.4. The fourth-order valence-electron chi connectivity index (χ4n) is 2.97. The molecular formula is C17H19NO6. The van der Waals surface area contributed by atoms with Gasteiger partial charge < -0.3 is 30.8 Å². The minimum atomic E-state index is -1.69. The summed E-state index contributed by atoms with van der Waals surface area (Å²) in [5, 5.41) is 53.1. The van der Waals surface area contributed by atoms with Crippen molar-refractivity contribution in [2.45, 2.75) is 36.6 Å². The summed E-state index contributed by atoms with van der Waals surface area (Å²) in [5.41, 5.74) is 0.309. The molecule has 1 saturated carbocycles. The third-order valence-corrected chi connectivity index (χ3v) is 4.44. The minimum absolute atomic E-state index is 0.309. The van der Waals surface area contributed by atoms with Crippen molar-refractivity contribution in [3.8, 4) is 0 Å². The molecule has 0 bridgehead atoms. The number of fused-ring (bicyclic) bond motifs is 1. The van der Waals surface area contributed by atoms with Crippen LogP contribution in [0.3, 0.4) is 0 Å². The average molecular weight is 333 g/mol. The number of amides is 1. The Kier molecular flexibility index (Phi) is 4.53. The molecule has 1 fully saturated rings. The second-order valence-corrected chi connectivity index (χ2v) is 6.01. The van der Waals surface area contributed by atoms with Crippen molar-refractivity contribution in [1.82, 2.24) is 5.32 Å². The van der Waals surface area contributed by atoms with Gasteiger partial charge in [-0.2, -0.15) is 0 Å². The summed E-state index contributed by atoms with van der Waals surface area (Å²) in [7, 11) is 0. The maximum atomic E-state index is 12.4. The molecule has 0 aromatic heterocycles. The van der Waals surface area contributed by atoms with Crippen molar-refractivity contribution < 1.29 is 30.3 Å². The number of carbonyl (C=O) groups is 1. The molecule has 2 aromatic carbocycles. The Morgan fingerprint density at radius 1 is 0.750 bits per heavy atom. The number of nitrogens with one attached hydrogen (secondary N) is 1. The summed E-state index contributed by atoms with van der Waals surface area (Å²) < 4.78 is 0. The van der Waals surface area contributed by atoms with Crippen molar-refractivity contribution in [3.63, 3.8) is 0 Å². The average Bonchev–Trinajstić information content (AvgIpc) is 2.61. The number of benzene rings is 2. The van der Waals surface area contributed by atoms with E-state index in [1.165, 1.54) is 0 Å². The predicted octanol–water partition coefficient (Wildman–Crippen LogP) is -1.24. The lowest BCUT2D eigenvalue weighted by atomic mass is 9.83. The van der Waals surface area contributed by atoms with E-state index in [0.29, 0.717) is 5.56 Å². The Morgan fingerprint density at radius 2 is 1.29 bits per heavy atom. The van der Waals surface area contributed by atoms with Crippen LogP contribution in [-0.4, -0.2) is 68.0 Å². The SMILES string of the molecule is O=C(NC1[C@H](O)[C@H](O)C(O)[C@H](O)[C@H]1O)c1ccc2ccccc2c1. The first-order chi connectivity index (χ1) is 11.4. The standard InChI is InChI=1S/C17H19NO6/c19-12-11(13(20)15(22)16(23)14(12)21)18-17(24)10-6-5-8-3-1-2-4-9(8)7-10/h1-7,11-16,19-23H,(H,18,24)/t11?,12-,13-,14-,15+,16?/m0/s1. The van der Waals surface area contributed by atoms with Gasteiger partial charge in [-0.1, -0.05) is 30.3 Å². The molecule has 3 rings (SSSR count). The first kappa shape index (κ1) is 16.8. The smallest absolute Gasteiger partial charge is 0.251 e. The number of hydrogen-bond donors (Lipinski definition) is 6. The molecule has 6 N–H and O–H groups in total. The van der Waals surface area contributed by atoms with Crippen LogP contribution in [0, 0.1) is 0 Å². The normalized spacial score (nSPS) is 33.4. The molecule has 1 aliphatic rings. The highest BCUT2D eigenvalue weighted by Crippen LogP contribution is 2.22. The van der Waals surface area contributed by atoms with E-state index in [1.54, 1.807) is 18.2 Å². The van der Waals surface area contributed by atoms with Crippen LogP contribution >= 0.6 is 0 Å². The molecule has 0 saturated heterocycles.